The van der Waals surface area contributed by atoms with Crippen molar-refractivity contribution >= 4 is 5.96 Å². The summed E-state index contributed by atoms with van der Waals surface area (Å²) in [5.41, 5.74) is 2.21. The van der Waals surface area contributed by atoms with E-state index in [2.05, 4.69) is 22.5 Å². The van der Waals surface area contributed by atoms with Gasteiger partial charge in [0, 0.05) is 20.1 Å². The number of nitrogens with zero attached hydrogens (tertiary/aromatic N) is 1. The summed E-state index contributed by atoms with van der Waals surface area (Å²) < 4.78 is 21.9. The van der Waals surface area contributed by atoms with Crippen LogP contribution in [0, 0.1) is 6.92 Å². The lowest BCUT2D eigenvalue weighted by atomic mass is 10.2. The number of ether oxygens (including phenoxy) is 4. The van der Waals surface area contributed by atoms with Crippen molar-refractivity contribution in [1.29, 1.82) is 0 Å². The molecule has 0 bridgehead atoms. The van der Waals surface area contributed by atoms with Gasteiger partial charge in [0.1, 0.15) is 5.75 Å². The predicted molar refractivity (Wildman–Crippen MR) is 116 cm³/mol. The Hall–Kier alpha value is -3.09. The Balaban J connectivity index is 1.79. The molecule has 7 heteroatoms. The molecule has 0 saturated carbocycles. The Morgan fingerprint density at radius 2 is 1.59 bits per heavy atom. The number of guanidine groups is 1. The number of nitrogens with one attached hydrogen (secondary N) is 2. The second kappa shape index (κ2) is 11.7. The molecule has 0 amide bonds. The minimum absolute atomic E-state index is 0.566. The minimum Gasteiger partial charge on any atom is -0.494 e. The lowest BCUT2D eigenvalue weighted by Crippen LogP contribution is -2.37. The van der Waals surface area contributed by atoms with Crippen molar-refractivity contribution < 1.29 is 18.9 Å². The Morgan fingerprint density at radius 3 is 2.14 bits per heavy atom. The van der Waals surface area contributed by atoms with Gasteiger partial charge in [0.25, 0.3) is 0 Å². The van der Waals surface area contributed by atoms with E-state index >= 15 is 0 Å². The standard InChI is InChI=1S/C22H31N3O4/c1-16-7-9-18(10-8-16)29-12-6-11-24-22(23-2)25-15-17-13-19(26-3)21(28-5)20(14-17)27-4/h7-10,13-14H,6,11-12,15H2,1-5H3,(H2,23,24,25). The van der Waals surface area contributed by atoms with Crippen LogP contribution in [0.1, 0.15) is 17.5 Å². The molecule has 0 aliphatic carbocycles. The van der Waals surface area contributed by atoms with E-state index < -0.39 is 0 Å². The molecule has 0 saturated heterocycles. The summed E-state index contributed by atoms with van der Waals surface area (Å²) >= 11 is 0. The Kier molecular flexibility index (Phi) is 8.95. The Labute approximate surface area is 173 Å². The van der Waals surface area contributed by atoms with Gasteiger partial charge in [-0.15, -0.1) is 0 Å². The molecule has 0 fully saturated rings. The minimum atomic E-state index is 0.566. The molecular formula is C22H31N3O4. The molecule has 158 valence electrons. The van der Waals surface area contributed by atoms with Crippen molar-refractivity contribution in [2.24, 2.45) is 4.99 Å². The summed E-state index contributed by atoms with van der Waals surface area (Å²) in [7, 11) is 6.54. The SMILES string of the molecule is CN=C(NCCCOc1ccc(C)cc1)NCc1cc(OC)c(OC)c(OC)c1. The maximum Gasteiger partial charge on any atom is 0.203 e. The van der Waals surface area contributed by atoms with Crippen LogP contribution in [0.3, 0.4) is 0 Å². The van der Waals surface area contributed by atoms with E-state index in [1.54, 1.807) is 28.4 Å². The highest BCUT2D eigenvalue weighted by Gasteiger charge is 2.13. The predicted octanol–water partition coefficient (Wildman–Crippen LogP) is 3.15. The average molecular weight is 402 g/mol. The van der Waals surface area contributed by atoms with Gasteiger partial charge in [-0.1, -0.05) is 17.7 Å². The molecule has 0 unspecified atom stereocenters. The molecule has 2 N–H and O–H groups in total. The van der Waals surface area contributed by atoms with Crippen LogP contribution in [-0.4, -0.2) is 47.5 Å². The van der Waals surface area contributed by atoms with Crippen molar-refractivity contribution in [1.82, 2.24) is 10.6 Å². The van der Waals surface area contributed by atoms with Crippen LogP contribution in [0.4, 0.5) is 0 Å². The molecular weight excluding hydrogens is 370 g/mol. The first-order chi connectivity index (χ1) is 14.1. The van der Waals surface area contributed by atoms with Crippen molar-refractivity contribution in [2.45, 2.75) is 19.9 Å². The third-order valence-electron chi connectivity index (χ3n) is 4.31. The zero-order valence-electron chi connectivity index (χ0n) is 17.9. The Morgan fingerprint density at radius 1 is 0.931 bits per heavy atom. The van der Waals surface area contributed by atoms with Crippen LogP contribution in [0.15, 0.2) is 41.4 Å². The zero-order valence-corrected chi connectivity index (χ0v) is 17.9. The summed E-state index contributed by atoms with van der Waals surface area (Å²) in [5, 5.41) is 6.57. The highest BCUT2D eigenvalue weighted by Crippen LogP contribution is 2.38. The summed E-state index contributed by atoms with van der Waals surface area (Å²) in [6, 6.07) is 11.9. The number of aliphatic imine (C=N–C) groups is 1. The van der Waals surface area contributed by atoms with E-state index in [1.165, 1.54) is 5.56 Å². The molecule has 2 rings (SSSR count). The number of hydrogen-bond donors (Lipinski definition) is 2. The van der Waals surface area contributed by atoms with Crippen LogP contribution in [0.2, 0.25) is 0 Å². The number of rotatable bonds is 10. The quantitative estimate of drug-likeness (QED) is 0.362. The van der Waals surface area contributed by atoms with Gasteiger partial charge in [-0.25, -0.2) is 0 Å². The largest absolute Gasteiger partial charge is 0.494 e. The highest BCUT2D eigenvalue weighted by molar-refractivity contribution is 5.79. The molecule has 0 atom stereocenters. The van der Waals surface area contributed by atoms with E-state index in [0.29, 0.717) is 36.4 Å². The van der Waals surface area contributed by atoms with E-state index in [9.17, 15) is 0 Å². The van der Waals surface area contributed by atoms with Gasteiger partial charge >= 0.3 is 0 Å². The van der Waals surface area contributed by atoms with Crippen molar-refractivity contribution in [3.63, 3.8) is 0 Å². The van der Waals surface area contributed by atoms with Gasteiger partial charge < -0.3 is 29.6 Å². The van der Waals surface area contributed by atoms with Gasteiger partial charge in [-0.2, -0.15) is 0 Å². The van der Waals surface area contributed by atoms with Crippen LogP contribution < -0.4 is 29.6 Å². The van der Waals surface area contributed by atoms with E-state index in [0.717, 1.165) is 24.3 Å². The molecule has 2 aromatic carbocycles. The van der Waals surface area contributed by atoms with Crippen molar-refractivity contribution in [3.8, 4) is 23.0 Å². The number of benzene rings is 2. The fourth-order valence-electron chi connectivity index (χ4n) is 2.75. The molecule has 2 aromatic rings. The van der Waals surface area contributed by atoms with Gasteiger partial charge in [0.2, 0.25) is 5.75 Å². The third-order valence-corrected chi connectivity index (χ3v) is 4.31. The van der Waals surface area contributed by atoms with Gasteiger partial charge in [-0.05, 0) is 43.2 Å². The van der Waals surface area contributed by atoms with Crippen LogP contribution in [0.5, 0.6) is 23.0 Å². The first-order valence-electron chi connectivity index (χ1n) is 9.54. The molecule has 0 aliphatic rings. The lowest BCUT2D eigenvalue weighted by Gasteiger charge is -2.16. The van der Waals surface area contributed by atoms with E-state index in [-0.39, 0.29) is 0 Å². The van der Waals surface area contributed by atoms with Gasteiger partial charge in [0.05, 0.1) is 27.9 Å². The summed E-state index contributed by atoms with van der Waals surface area (Å²) in [6.45, 7) is 4.02. The first kappa shape index (κ1) is 22.2. The second-order valence-electron chi connectivity index (χ2n) is 6.40. The Bertz CT molecular complexity index is 766. The normalized spacial score (nSPS) is 11.0. The number of methoxy groups -OCH3 is 3. The molecule has 0 heterocycles. The second-order valence-corrected chi connectivity index (χ2v) is 6.40. The van der Waals surface area contributed by atoms with Crippen LogP contribution in [0.25, 0.3) is 0 Å². The van der Waals surface area contributed by atoms with E-state index in [1.807, 2.05) is 36.4 Å². The molecule has 0 aliphatic heterocycles. The monoisotopic (exact) mass is 401 g/mol. The number of hydrogen-bond acceptors (Lipinski definition) is 5. The molecule has 0 aromatic heterocycles. The zero-order chi connectivity index (χ0) is 21.1. The topological polar surface area (TPSA) is 73.3 Å². The third kappa shape index (κ3) is 6.78. The summed E-state index contributed by atoms with van der Waals surface area (Å²) in [5.74, 6) is 3.43. The van der Waals surface area contributed by atoms with Crippen molar-refractivity contribution in [2.75, 3.05) is 41.5 Å². The average Bonchev–Trinajstić information content (AvgIpc) is 2.75. The maximum atomic E-state index is 5.74. The highest BCUT2D eigenvalue weighted by atomic mass is 16.5. The van der Waals surface area contributed by atoms with Gasteiger partial charge in [0.15, 0.2) is 17.5 Å². The maximum absolute atomic E-state index is 5.74. The first-order valence-corrected chi connectivity index (χ1v) is 9.54. The molecule has 0 spiro atoms. The summed E-state index contributed by atoms with van der Waals surface area (Å²) in [6.07, 6.45) is 0.860. The van der Waals surface area contributed by atoms with Gasteiger partial charge in [-0.3, -0.25) is 4.99 Å². The van der Waals surface area contributed by atoms with E-state index in [4.69, 9.17) is 18.9 Å². The van der Waals surface area contributed by atoms with Crippen LogP contribution in [-0.2, 0) is 6.54 Å². The molecule has 29 heavy (non-hydrogen) atoms. The molecule has 7 nitrogen and oxygen atoms in total. The lowest BCUT2D eigenvalue weighted by molar-refractivity contribution is 0.311. The van der Waals surface area contributed by atoms with Crippen LogP contribution >= 0.6 is 0 Å². The fraction of sp³-hybridized carbons (Fsp3) is 0.409. The van der Waals surface area contributed by atoms with Crippen molar-refractivity contribution in [3.05, 3.63) is 47.5 Å². The fourth-order valence-corrected chi connectivity index (χ4v) is 2.75. The summed E-state index contributed by atoms with van der Waals surface area (Å²) in [4.78, 5) is 4.25. The smallest absolute Gasteiger partial charge is 0.203 e. The molecule has 0 radical (unpaired) electrons. The number of aryl methyl sites for hydroxylation is 1.